The summed E-state index contributed by atoms with van der Waals surface area (Å²) >= 11 is 0. The molecule has 1 atom stereocenters. The predicted molar refractivity (Wildman–Crippen MR) is 55.9 cm³/mol. The van der Waals surface area contributed by atoms with Gasteiger partial charge in [0.15, 0.2) is 0 Å². The first-order chi connectivity index (χ1) is 6.33. The van der Waals surface area contributed by atoms with E-state index in [0.29, 0.717) is 0 Å². The third kappa shape index (κ3) is 1.49. The number of hydrogen-bond donors (Lipinski definition) is 1. The van der Waals surface area contributed by atoms with Gasteiger partial charge in [0.2, 0.25) is 0 Å². The smallest absolute Gasteiger partial charge is 0.0211 e. The first kappa shape index (κ1) is 8.76. The van der Waals surface area contributed by atoms with Gasteiger partial charge in [-0.15, -0.1) is 0 Å². The standard InChI is InChI=1S/C12H17N/c1-3-10-7-13-8-12-9(2)5-4-6-11(10)12/h4-6,10,13H,3,7-8H2,1-2H3. The Morgan fingerprint density at radius 2 is 2.31 bits per heavy atom. The topological polar surface area (TPSA) is 12.0 Å². The van der Waals surface area contributed by atoms with E-state index >= 15 is 0 Å². The van der Waals surface area contributed by atoms with Crippen LogP contribution in [0, 0.1) is 6.92 Å². The monoisotopic (exact) mass is 175 g/mol. The second-order valence-corrected chi connectivity index (χ2v) is 3.88. The van der Waals surface area contributed by atoms with Gasteiger partial charge in [-0.1, -0.05) is 25.1 Å². The van der Waals surface area contributed by atoms with Gasteiger partial charge in [-0.05, 0) is 36.0 Å². The quantitative estimate of drug-likeness (QED) is 0.691. The van der Waals surface area contributed by atoms with E-state index in [1.807, 2.05) is 0 Å². The fourth-order valence-electron chi connectivity index (χ4n) is 2.19. The maximum absolute atomic E-state index is 3.48. The van der Waals surface area contributed by atoms with E-state index < -0.39 is 0 Å². The third-order valence-corrected chi connectivity index (χ3v) is 3.07. The highest BCUT2D eigenvalue weighted by molar-refractivity contribution is 5.38. The van der Waals surface area contributed by atoms with E-state index in [1.165, 1.54) is 17.5 Å². The van der Waals surface area contributed by atoms with Gasteiger partial charge < -0.3 is 5.32 Å². The highest BCUT2D eigenvalue weighted by Crippen LogP contribution is 2.28. The summed E-state index contributed by atoms with van der Waals surface area (Å²) in [5, 5.41) is 3.48. The molecule has 0 fully saturated rings. The van der Waals surface area contributed by atoms with Crippen LogP contribution in [0.15, 0.2) is 18.2 Å². The summed E-state index contributed by atoms with van der Waals surface area (Å²) in [6.45, 7) is 6.67. The minimum Gasteiger partial charge on any atom is -0.312 e. The van der Waals surface area contributed by atoms with Gasteiger partial charge in [-0.2, -0.15) is 0 Å². The van der Waals surface area contributed by atoms with Crippen molar-refractivity contribution in [2.24, 2.45) is 0 Å². The SMILES string of the molecule is CCC1CNCc2c(C)cccc21. The lowest BCUT2D eigenvalue weighted by molar-refractivity contribution is 0.528. The molecule has 13 heavy (non-hydrogen) atoms. The van der Waals surface area contributed by atoms with E-state index in [9.17, 15) is 0 Å². The van der Waals surface area contributed by atoms with Crippen LogP contribution in [-0.2, 0) is 6.54 Å². The van der Waals surface area contributed by atoms with Crippen LogP contribution in [0.2, 0.25) is 0 Å². The molecule has 1 heterocycles. The maximum Gasteiger partial charge on any atom is 0.0211 e. The fourth-order valence-corrected chi connectivity index (χ4v) is 2.19. The van der Waals surface area contributed by atoms with Crippen LogP contribution in [0.1, 0.15) is 36.0 Å². The molecule has 1 N–H and O–H groups in total. The molecule has 1 aromatic carbocycles. The molecule has 0 saturated carbocycles. The average molecular weight is 175 g/mol. The molecule has 1 unspecified atom stereocenters. The molecule has 0 amide bonds. The van der Waals surface area contributed by atoms with Crippen LogP contribution in [0.25, 0.3) is 0 Å². The van der Waals surface area contributed by atoms with Gasteiger partial charge in [0.1, 0.15) is 0 Å². The molecular formula is C12H17N. The van der Waals surface area contributed by atoms with E-state index in [4.69, 9.17) is 0 Å². The maximum atomic E-state index is 3.48. The molecule has 0 spiro atoms. The number of aryl methyl sites for hydroxylation is 1. The molecule has 2 rings (SSSR count). The van der Waals surface area contributed by atoms with Crippen LogP contribution in [-0.4, -0.2) is 6.54 Å². The van der Waals surface area contributed by atoms with Crippen molar-refractivity contribution in [2.75, 3.05) is 6.54 Å². The Kier molecular flexibility index (Phi) is 2.36. The molecule has 70 valence electrons. The van der Waals surface area contributed by atoms with Crippen molar-refractivity contribution in [3.05, 3.63) is 34.9 Å². The minimum absolute atomic E-state index is 0.726. The number of fused-ring (bicyclic) bond motifs is 1. The van der Waals surface area contributed by atoms with Gasteiger partial charge >= 0.3 is 0 Å². The number of benzene rings is 1. The van der Waals surface area contributed by atoms with Gasteiger partial charge in [-0.3, -0.25) is 0 Å². The molecule has 0 aromatic heterocycles. The number of rotatable bonds is 1. The Balaban J connectivity index is 2.45. The van der Waals surface area contributed by atoms with Crippen molar-refractivity contribution >= 4 is 0 Å². The lowest BCUT2D eigenvalue weighted by atomic mass is 9.87. The minimum atomic E-state index is 0.726. The molecule has 1 nitrogen and oxygen atoms in total. The molecule has 0 radical (unpaired) electrons. The molecule has 1 aromatic rings. The zero-order chi connectivity index (χ0) is 9.26. The Labute approximate surface area is 80.2 Å². The lowest BCUT2D eigenvalue weighted by Gasteiger charge is -2.26. The van der Waals surface area contributed by atoms with Crippen molar-refractivity contribution in [2.45, 2.75) is 32.7 Å². The first-order valence-electron chi connectivity index (χ1n) is 5.12. The average Bonchev–Trinajstić information content (AvgIpc) is 2.18. The van der Waals surface area contributed by atoms with Crippen molar-refractivity contribution in [1.82, 2.24) is 5.32 Å². The summed E-state index contributed by atoms with van der Waals surface area (Å²) < 4.78 is 0. The normalized spacial score (nSPS) is 21.2. The Hall–Kier alpha value is -0.820. The summed E-state index contributed by atoms with van der Waals surface area (Å²) in [4.78, 5) is 0. The molecule has 0 bridgehead atoms. The van der Waals surface area contributed by atoms with Crippen molar-refractivity contribution in [1.29, 1.82) is 0 Å². The molecule has 0 saturated heterocycles. The summed E-state index contributed by atoms with van der Waals surface area (Å²) in [5.74, 6) is 0.726. The number of hydrogen-bond acceptors (Lipinski definition) is 1. The highest BCUT2D eigenvalue weighted by atomic mass is 14.9. The third-order valence-electron chi connectivity index (χ3n) is 3.07. The fraction of sp³-hybridized carbons (Fsp3) is 0.500. The van der Waals surface area contributed by atoms with E-state index in [0.717, 1.165) is 19.0 Å². The largest absolute Gasteiger partial charge is 0.312 e. The van der Waals surface area contributed by atoms with E-state index in [1.54, 1.807) is 5.56 Å². The molecule has 1 heteroatoms. The lowest BCUT2D eigenvalue weighted by Crippen LogP contribution is -2.28. The predicted octanol–water partition coefficient (Wildman–Crippen LogP) is 2.59. The zero-order valence-corrected chi connectivity index (χ0v) is 8.43. The van der Waals surface area contributed by atoms with Crippen LogP contribution < -0.4 is 5.32 Å². The van der Waals surface area contributed by atoms with Crippen molar-refractivity contribution < 1.29 is 0 Å². The van der Waals surface area contributed by atoms with Crippen LogP contribution in [0.5, 0.6) is 0 Å². The summed E-state index contributed by atoms with van der Waals surface area (Å²) in [6, 6.07) is 6.68. The van der Waals surface area contributed by atoms with Gasteiger partial charge in [-0.25, -0.2) is 0 Å². The second-order valence-electron chi connectivity index (χ2n) is 3.88. The summed E-state index contributed by atoms with van der Waals surface area (Å²) in [6.07, 6.45) is 1.24. The van der Waals surface area contributed by atoms with E-state index in [-0.39, 0.29) is 0 Å². The Morgan fingerprint density at radius 3 is 3.08 bits per heavy atom. The van der Waals surface area contributed by atoms with Gasteiger partial charge in [0.05, 0.1) is 0 Å². The Bertz CT molecular complexity index is 304. The highest BCUT2D eigenvalue weighted by Gasteiger charge is 2.18. The van der Waals surface area contributed by atoms with Crippen LogP contribution in [0.4, 0.5) is 0 Å². The van der Waals surface area contributed by atoms with Gasteiger partial charge in [0.25, 0.3) is 0 Å². The van der Waals surface area contributed by atoms with Crippen LogP contribution >= 0.6 is 0 Å². The van der Waals surface area contributed by atoms with Crippen molar-refractivity contribution in [3.63, 3.8) is 0 Å². The zero-order valence-electron chi connectivity index (χ0n) is 8.43. The van der Waals surface area contributed by atoms with Gasteiger partial charge in [0, 0.05) is 13.1 Å². The molecule has 1 aliphatic heterocycles. The second kappa shape index (κ2) is 3.51. The summed E-state index contributed by atoms with van der Waals surface area (Å²) in [7, 11) is 0. The first-order valence-corrected chi connectivity index (χ1v) is 5.12. The van der Waals surface area contributed by atoms with Crippen LogP contribution in [0.3, 0.4) is 0 Å². The Morgan fingerprint density at radius 1 is 1.46 bits per heavy atom. The van der Waals surface area contributed by atoms with Crippen molar-refractivity contribution in [3.8, 4) is 0 Å². The molecular weight excluding hydrogens is 158 g/mol. The van der Waals surface area contributed by atoms with E-state index in [2.05, 4.69) is 37.4 Å². The summed E-state index contributed by atoms with van der Waals surface area (Å²) in [5.41, 5.74) is 4.53. The molecule has 1 aliphatic rings. The number of nitrogens with one attached hydrogen (secondary N) is 1. The molecule has 0 aliphatic carbocycles.